The number of likely N-dealkylation sites (tertiary alicyclic amines) is 1. The standard InChI is InChI=1S/C22H42N4O/c1-21(2,3)25-9-7-19-16(13-25)11-24-20(19)10-22(4,5)26-8-6-18-12-23-17(14-26)15-27-18/h16-20,23-24H,6-15H2,1-5H3. The molecule has 0 aliphatic carbocycles. The molecule has 0 amide bonds. The Morgan fingerprint density at radius 2 is 1.70 bits per heavy atom. The van der Waals surface area contributed by atoms with E-state index in [0.717, 1.165) is 38.0 Å². The molecule has 0 saturated carbocycles. The number of nitrogens with one attached hydrogen (secondary N) is 2. The van der Waals surface area contributed by atoms with Crippen LogP contribution in [0.15, 0.2) is 0 Å². The average molecular weight is 379 g/mol. The maximum absolute atomic E-state index is 5.98. The van der Waals surface area contributed by atoms with Gasteiger partial charge in [-0.2, -0.15) is 0 Å². The van der Waals surface area contributed by atoms with Crippen molar-refractivity contribution < 1.29 is 4.74 Å². The van der Waals surface area contributed by atoms with Gasteiger partial charge in [0.1, 0.15) is 0 Å². The highest BCUT2D eigenvalue weighted by molar-refractivity contribution is 5.01. The fourth-order valence-corrected chi connectivity index (χ4v) is 5.93. The van der Waals surface area contributed by atoms with Gasteiger partial charge in [-0.15, -0.1) is 0 Å². The lowest BCUT2D eigenvalue weighted by atomic mass is 9.78. The molecule has 0 spiro atoms. The summed E-state index contributed by atoms with van der Waals surface area (Å²) in [5.41, 5.74) is 0.550. The smallest absolute Gasteiger partial charge is 0.0712 e. The summed E-state index contributed by atoms with van der Waals surface area (Å²) in [5, 5.41) is 7.63. The first-order chi connectivity index (χ1) is 12.7. The van der Waals surface area contributed by atoms with Gasteiger partial charge in [-0.05, 0) is 78.8 Å². The summed E-state index contributed by atoms with van der Waals surface area (Å²) in [6.45, 7) is 20.0. The van der Waals surface area contributed by atoms with Crippen LogP contribution in [0.1, 0.15) is 53.9 Å². The Kier molecular flexibility index (Phi) is 5.63. The number of fused-ring (bicyclic) bond motifs is 6. The van der Waals surface area contributed by atoms with Gasteiger partial charge in [0.15, 0.2) is 0 Å². The summed E-state index contributed by atoms with van der Waals surface area (Å²) in [6, 6.07) is 1.18. The summed E-state index contributed by atoms with van der Waals surface area (Å²) in [4.78, 5) is 5.45. The third kappa shape index (κ3) is 4.37. The topological polar surface area (TPSA) is 39.8 Å². The molecule has 5 atom stereocenters. The number of hydrogen-bond acceptors (Lipinski definition) is 5. The highest BCUT2D eigenvalue weighted by Gasteiger charge is 2.44. The lowest BCUT2D eigenvalue weighted by Gasteiger charge is -2.48. The molecule has 5 aliphatic rings. The predicted octanol–water partition coefficient (Wildman–Crippen LogP) is 1.93. The van der Waals surface area contributed by atoms with Crippen molar-refractivity contribution in [2.45, 2.75) is 83.1 Å². The number of morpholine rings is 1. The summed E-state index contributed by atoms with van der Waals surface area (Å²) in [6.07, 6.45) is 4.20. The zero-order valence-corrected chi connectivity index (χ0v) is 18.3. The van der Waals surface area contributed by atoms with E-state index >= 15 is 0 Å². The Hall–Kier alpha value is -0.200. The zero-order valence-electron chi connectivity index (χ0n) is 18.3. The van der Waals surface area contributed by atoms with Crippen LogP contribution in [0.4, 0.5) is 0 Å². The van der Waals surface area contributed by atoms with Crippen LogP contribution in [0.5, 0.6) is 0 Å². The molecule has 156 valence electrons. The number of piperidine rings is 1. The number of ether oxygens (including phenoxy) is 1. The first kappa shape index (κ1) is 20.1. The first-order valence-electron chi connectivity index (χ1n) is 11.3. The lowest BCUT2D eigenvalue weighted by Crippen LogP contribution is -2.60. The zero-order chi connectivity index (χ0) is 19.2. The van der Waals surface area contributed by atoms with Crippen LogP contribution in [0.25, 0.3) is 0 Å². The van der Waals surface area contributed by atoms with Crippen LogP contribution in [0.2, 0.25) is 0 Å². The van der Waals surface area contributed by atoms with Crippen LogP contribution in [-0.4, -0.2) is 84.9 Å². The Bertz CT molecular complexity index is 509. The molecule has 2 N–H and O–H groups in total. The fourth-order valence-electron chi connectivity index (χ4n) is 5.93. The van der Waals surface area contributed by atoms with Crippen molar-refractivity contribution in [3.8, 4) is 0 Å². The molecule has 0 radical (unpaired) electrons. The number of rotatable bonds is 3. The van der Waals surface area contributed by atoms with E-state index in [0.29, 0.717) is 23.7 Å². The quantitative estimate of drug-likeness (QED) is 0.785. The van der Waals surface area contributed by atoms with E-state index in [1.165, 1.54) is 39.0 Å². The molecular weight excluding hydrogens is 336 g/mol. The maximum atomic E-state index is 5.98. The molecule has 5 unspecified atom stereocenters. The van der Waals surface area contributed by atoms with Crippen LogP contribution < -0.4 is 10.6 Å². The predicted molar refractivity (Wildman–Crippen MR) is 111 cm³/mol. The van der Waals surface area contributed by atoms with Gasteiger partial charge in [-0.1, -0.05) is 0 Å². The molecule has 27 heavy (non-hydrogen) atoms. The van der Waals surface area contributed by atoms with E-state index in [1.807, 2.05) is 0 Å². The molecule has 5 fully saturated rings. The van der Waals surface area contributed by atoms with Crippen LogP contribution >= 0.6 is 0 Å². The maximum Gasteiger partial charge on any atom is 0.0712 e. The second kappa shape index (κ2) is 7.56. The van der Waals surface area contributed by atoms with Gasteiger partial charge in [0.25, 0.3) is 0 Å². The van der Waals surface area contributed by atoms with E-state index < -0.39 is 0 Å². The van der Waals surface area contributed by atoms with Gasteiger partial charge in [0.2, 0.25) is 0 Å². The normalized spacial score (nSPS) is 39.2. The van der Waals surface area contributed by atoms with Gasteiger partial charge in [0.05, 0.1) is 12.7 Å². The second-order valence-electron chi connectivity index (χ2n) is 11.2. The van der Waals surface area contributed by atoms with E-state index in [-0.39, 0.29) is 5.54 Å². The van der Waals surface area contributed by atoms with Crippen LogP contribution in [0.3, 0.4) is 0 Å². The van der Waals surface area contributed by atoms with Crippen molar-refractivity contribution >= 4 is 0 Å². The van der Waals surface area contributed by atoms with E-state index in [1.54, 1.807) is 0 Å². The molecule has 5 heterocycles. The minimum Gasteiger partial charge on any atom is -0.375 e. The Morgan fingerprint density at radius 3 is 2.41 bits per heavy atom. The largest absolute Gasteiger partial charge is 0.375 e. The SMILES string of the molecule is CC(C)(C)N1CCC2C(CNC2CC(C)(C)N2CCC3CNC(CO3)C2)C1. The van der Waals surface area contributed by atoms with Crippen molar-refractivity contribution in [1.82, 2.24) is 20.4 Å². The Balaban J connectivity index is 1.37. The summed E-state index contributed by atoms with van der Waals surface area (Å²) in [7, 11) is 0. The van der Waals surface area contributed by atoms with Gasteiger partial charge in [-0.25, -0.2) is 0 Å². The minimum atomic E-state index is 0.243. The lowest BCUT2D eigenvalue weighted by molar-refractivity contribution is -0.0500. The third-order valence-corrected chi connectivity index (χ3v) is 7.81. The van der Waals surface area contributed by atoms with E-state index in [2.05, 4.69) is 55.1 Å². The van der Waals surface area contributed by atoms with Gasteiger partial charge >= 0.3 is 0 Å². The molecule has 0 aromatic rings. The molecule has 2 bridgehead atoms. The van der Waals surface area contributed by atoms with Crippen molar-refractivity contribution in [2.24, 2.45) is 11.8 Å². The van der Waals surface area contributed by atoms with Gasteiger partial charge in [-0.3, -0.25) is 9.80 Å². The molecule has 5 nitrogen and oxygen atoms in total. The molecule has 5 rings (SSSR count). The van der Waals surface area contributed by atoms with E-state index in [9.17, 15) is 0 Å². The van der Waals surface area contributed by atoms with Gasteiger partial charge < -0.3 is 15.4 Å². The molecule has 5 heteroatoms. The van der Waals surface area contributed by atoms with Crippen molar-refractivity contribution in [2.75, 3.05) is 45.9 Å². The molecule has 0 aromatic heterocycles. The van der Waals surface area contributed by atoms with Gasteiger partial charge in [0, 0.05) is 49.3 Å². The molecule has 5 aliphatic heterocycles. The number of hydrogen-bond donors (Lipinski definition) is 2. The molecule has 5 saturated heterocycles. The van der Waals surface area contributed by atoms with Crippen LogP contribution in [-0.2, 0) is 4.74 Å². The highest BCUT2D eigenvalue weighted by atomic mass is 16.5. The second-order valence-corrected chi connectivity index (χ2v) is 11.2. The summed E-state index contributed by atoms with van der Waals surface area (Å²) < 4.78 is 5.98. The van der Waals surface area contributed by atoms with Crippen LogP contribution in [0, 0.1) is 11.8 Å². The molecule has 0 aromatic carbocycles. The van der Waals surface area contributed by atoms with Crippen molar-refractivity contribution in [1.29, 1.82) is 0 Å². The fraction of sp³-hybridized carbons (Fsp3) is 1.00. The van der Waals surface area contributed by atoms with Crippen molar-refractivity contribution in [3.63, 3.8) is 0 Å². The Morgan fingerprint density at radius 1 is 0.926 bits per heavy atom. The number of nitrogens with zero attached hydrogens (tertiary/aromatic N) is 2. The Labute approximate surface area is 166 Å². The third-order valence-electron chi connectivity index (χ3n) is 7.81. The minimum absolute atomic E-state index is 0.243. The monoisotopic (exact) mass is 378 g/mol. The molecular formula is C22H42N4O. The summed E-state index contributed by atoms with van der Waals surface area (Å²) in [5.74, 6) is 1.69. The first-order valence-corrected chi connectivity index (χ1v) is 11.3. The average Bonchev–Trinajstić information content (AvgIpc) is 2.96. The highest BCUT2D eigenvalue weighted by Crippen LogP contribution is 2.37. The van der Waals surface area contributed by atoms with E-state index in [4.69, 9.17) is 4.74 Å². The summed E-state index contributed by atoms with van der Waals surface area (Å²) >= 11 is 0. The van der Waals surface area contributed by atoms with Crippen molar-refractivity contribution in [3.05, 3.63) is 0 Å².